The molecule has 0 unspecified atom stereocenters. The van der Waals surface area contributed by atoms with Crippen molar-refractivity contribution in [3.8, 4) is 5.75 Å². The number of benzene rings is 3. The third-order valence-electron chi connectivity index (χ3n) is 6.58. The molecular weight excluding hydrogens is 569 g/mol. The second kappa shape index (κ2) is 14.3. The molecule has 3 aromatic carbocycles. The third-order valence-corrected chi connectivity index (χ3v) is 8.74. The minimum atomic E-state index is -4.30. The average molecular weight is 604 g/mol. The van der Waals surface area contributed by atoms with Gasteiger partial charge in [0.05, 0.1) is 17.2 Å². The molecule has 3 aromatic rings. The molecule has 8 nitrogen and oxygen atoms in total. The molecule has 0 radical (unpaired) electrons. The zero-order valence-corrected chi connectivity index (χ0v) is 25.1. The van der Waals surface area contributed by atoms with Crippen LogP contribution in [0.1, 0.15) is 39.7 Å². The van der Waals surface area contributed by atoms with Crippen molar-refractivity contribution >= 4 is 39.1 Å². The SMILES string of the molecule is CCOc1ccc(S(=O)(=O)N(CC(=O)N(Cc2ccccc2Cl)[C@H](C)C(=O)N[C@H](C)CC)c2ccc(F)cc2)cc1. The van der Waals surface area contributed by atoms with Crippen molar-refractivity contribution in [3.63, 3.8) is 0 Å². The van der Waals surface area contributed by atoms with Crippen LogP contribution in [0.3, 0.4) is 0 Å². The summed E-state index contributed by atoms with van der Waals surface area (Å²) in [7, 11) is -4.30. The summed E-state index contributed by atoms with van der Waals surface area (Å²) in [5.74, 6) is -1.10. The summed E-state index contributed by atoms with van der Waals surface area (Å²) in [6.45, 7) is 6.90. The van der Waals surface area contributed by atoms with Crippen molar-refractivity contribution in [1.82, 2.24) is 10.2 Å². The van der Waals surface area contributed by atoms with Crippen molar-refractivity contribution in [3.05, 3.63) is 89.2 Å². The van der Waals surface area contributed by atoms with Crippen LogP contribution >= 0.6 is 11.6 Å². The largest absolute Gasteiger partial charge is 0.494 e. The lowest BCUT2D eigenvalue weighted by Gasteiger charge is -2.32. The van der Waals surface area contributed by atoms with Gasteiger partial charge in [0.25, 0.3) is 10.0 Å². The van der Waals surface area contributed by atoms with Gasteiger partial charge < -0.3 is 15.0 Å². The first-order chi connectivity index (χ1) is 19.5. The number of anilines is 1. The standard InChI is InChI=1S/C30H35ClFN3O5S/c1-5-21(3)33-30(37)22(4)34(19-23-9-7-8-10-28(23)31)29(36)20-35(25-13-11-24(32)12-14-25)41(38,39)27-17-15-26(16-18-27)40-6-2/h7-18,21-22H,5-6,19-20H2,1-4H3,(H,33,37)/t21-,22-/m1/s1. The van der Waals surface area contributed by atoms with E-state index >= 15 is 0 Å². The monoisotopic (exact) mass is 603 g/mol. The molecule has 0 aliphatic rings. The molecule has 0 saturated heterocycles. The number of hydrogen-bond acceptors (Lipinski definition) is 5. The molecule has 0 aromatic heterocycles. The number of amides is 2. The lowest BCUT2D eigenvalue weighted by atomic mass is 10.1. The van der Waals surface area contributed by atoms with Crippen LogP contribution in [-0.4, -0.2) is 50.4 Å². The summed E-state index contributed by atoms with van der Waals surface area (Å²) in [6.07, 6.45) is 0.690. The van der Waals surface area contributed by atoms with Gasteiger partial charge in [-0.3, -0.25) is 13.9 Å². The van der Waals surface area contributed by atoms with Crippen LogP contribution in [0.2, 0.25) is 5.02 Å². The van der Waals surface area contributed by atoms with Crippen molar-refractivity contribution in [2.24, 2.45) is 0 Å². The van der Waals surface area contributed by atoms with Gasteiger partial charge in [-0.1, -0.05) is 36.7 Å². The normalized spacial score (nSPS) is 12.7. The first kappa shape index (κ1) is 31.9. The van der Waals surface area contributed by atoms with Crippen molar-refractivity contribution < 1.29 is 27.1 Å². The molecule has 0 bridgehead atoms. The Kier molecular flexibility index (Phi) is 11.1. The maximum atomic E-state index is 13.9. The second-order valence-corrected chi connectivity index (χ2v) is 11.8. The Bertz CT molecular complexity index is 1440. The Hall–Kier alpha value is -3.63. The smallest absolute Gasteiger partial charge is 0.264 e. The number of nitrogens with one attached hydrogen (secondary N) is 1. The maximum absolute atomic E-state index is 13.9. The number of halogens is 2. The van der Waals surface area contributed by atoms with Crippen LogP contribution in [0.25, 0.3) is 0 Å². The molecule has 11 heteroatoms. The van der Waals surface area contributed by atoms with E-state index in [2.05, 4.69) is 5.32 Å². The molecule has 220 valence electrons. The van der Waals surface area contributed by atoms with E-state index in [1.54, 1.807) is 31.2 Å². The van der Waals surface area contributed by atoms with Gasteiger partial charge in [-0.2, -0.15) is 0 Å². The summed E-state index contributed by atoms with van der Waals surface area (Å²) in [6, 6.07) is 16.4. The third kappa shape index (κ3) is 8.20. The van der Waals surface area contributed by atoms with Crippen LogP contribution in [0.5, 0.6) is 5.75 Å². The fourth-order valence-electron chi connectivity index (χ4n) is 4.00. The molecule has 0 saturated carbocycles. The highest BCUT2D eigenvalue weighted by molar-refractivity contribution is 7.92. The molecule has 0 aliphatic heterocycles. The molecule has 1 N–H and O–H groups in total. The molecule has 0 spiro atoms. The number of nitrogens with zero attached hydrogens (tertiary/aromatic N) is 2. The molecular formula is C30H35ClFN3O5S. The fourth-order valence-corrected chi connectivity index (χ4v) is 5.61. The molecule has 0 aliphatic carbocycles. The minimum absolute atomic E-state index is 0.0338. The topological polar surface area (TPSA) is 96.0 Å². The number of rotatable bonds is 13. The van der Waals surface area contributed by atoms with Crippen LogP contribution < -0.4 is 14.4 Å². The number of ether oxygens (including phenoxy) is 1. The zero-order chi connectivity index (χ0) is 30.2. The lowest BCUT2D eigenvalue weighted by molar-refractivity contribution is -0.139. The van der Waals surface area contributed by atoms with Crippen LogP contribution in [0, 0.1) is 5.82 Å². The highest BCUT2D eigenvalue weighted by Crippen LogP contribution is 2.27. The molecule has 0 heterocycles. The van der Waals surface area contributed by atoms with E-state index in [-0.39, 0.29) is 29.1 Å². The number of hydrogen-bond donors (Lipinski definition) is 1. The number of sulfonamides is 1. The van der Waals surface area contributed by atoms with E-state index in [0.717, 1.165) is 16.4 Å². The molecule has 41 heavy (non-hydrogen) atoms. The summed E-state index contributed by atoms with van der Waals surface area (Å²) >= 11 is 6.38. The van der Waals surface area contributed by atoms with Crippen LogP contribution in [0.4, 0.5) is 10.1 Å². The average Bonchev–Trinajstić information content (AvgIpc) is 2.96. The summed E-state index contributed by atoms with van der Waals surface area (Å²) < 4.78 is 47.8. The number of carbonyl (C=O) groups excluding carboxylic acids is 2. The van der Waals surface area contributed by atoms with E-state index in [1.807, 2.05) is 20.8 Å². The quantitative estimate of drug-likeness (QED) is 0.282. The van der Waals surface area contributed by atoms with E-state index in [0.29, 0.717) is 29.4 Å². The van der Waals surface area contributed by atoms with Gasteiger partial charge >= 0.3 is 0 Å². The zero-order valence-electron chi connectivity index (χ0n) is 23.5. The first-order valence-electron chi connectivity index (χ1n) is 13.3. The van der Waals surface area contributed by atoms with Gasteiger partial charge in [0, 0.05) is 17.6 Å². The van der Waals surface area contributed by atoms with Crippen molar-refractivity contribution in [2.45, 2.75) is 57.6 Å². The molecule has 2 atom stereocenters. The molecule has 0 fully saturated rings. The summed E-state index contributed by atoms with van der Waals surface area (Å²) in [4.78, 5) is 28.2. The van der Waals surface area contributed by atoms with Gasteiger partial charge in [-0.05, 0) is 87.4 Å². The fraction of sp³-hybridized carbons (Fsp3) is 0.333. The first-order valence-corrected chi connectivity index (χ1v) is 15.1. The van der Waals surface area contributed by atoms with E-state index in [4.69, 9.17) is 16.3 Å². The van der Waals surface area contributed by atoms with E-state index < -0.39 is 34.3 Å². The highest BCUT2D eigenvalue weighted by atomic mass is 35.5. The Labute approximate surface area is 246 Å². The Morgan fingerprint density at radius 1 is 0.976 bits per heavy atom. The van der Waals surface area contributed by atoms with Gasteiger partial charge in [-0.15, -0.1) is 0 Å². The van der Waals surface area contributed by atoms with Gasteiger partial charge in [-0.25, -0.2) is 12.8 Å². The minimum Gasteiger partial charge on any atom is -0.494 e. The lowest BCUT2D eigenvalue weighted by Crippen LogP contribution is -2.52. The Morgan fingerprint density at radius 3 is 2.20 bits per heavy atom. The predicted octanol–water partition coefficient (Wildman–Crippen LogP) is 5.41. The van der Waals surface area contributed by atoms with Crippen molar-refractivity contribution in [2.75, 3.05) is 17.5 Å². The Morgan fingerprint density at radius 2 is 1.61 bits per heavy atom. The predicted molar refractivity (Wildman–Crippen MR) is 158 cm³/mol. The molecule has 2 amide bonds. The van der Waals surface area contributed by atoms with Gasteiger partial charge in [0.1, 0.15) is 24.2 Å². The van der Waals surface area contributed by atoms with Crippen LogP contribution in [-0.2, 0) is 26.2 Å². The van der Waals surface area contributed by atoms with Crippen LogP contribution in [0.15, 0.2) is 77.7 Å². The van der Waals surface area contributed by atoms with Crippen molar-refractivity contribution in [1.29, 1.82) is 0 Å². The van der Waals surface area contributed by atoms with E-state index in [9.17, 15) is 22.4 Å². The van der Waals surface area contributed by atoms with Gasteiger partial charge in [0.15, 0.2) is 0 Å². The van der Waals surface area contributed by atoms with Gasteiger partial charge in [0.2, 0.25) is 11.8 Å². The summed E-state index contributed by atoms with van der Waals surface area (Å²) in [5, 5.41) is 3.28. The van der Waals surface area contributed by atoms with E-state index in [1.165, 1.54) is 41.3 Å². The molecule has 3 rings (SSSR count). The summed E-state index contributed by atoms with van der Waals surface area (Å²) in [5.41, 5.74) is 0.677. The highest BCUT2D eigenvalue weighted by Gasteiger charge is 2.33. The Balaban J connectivity index is 2.02. The number of carbonyl (C=O) groups is 2. The second-order valence-electron chi connectivity index (χ2n) is 9.50. The maximum Gasteiger partial charge on any atom is 0.264 e.